The van der Waals surface area contributed by atoms with Crippen LogP contribution in [0.3, 0.4) is 0 Å². The molecule has 0 aliphatic heterocycles. The molecule has 0 saturated heterocycles. The number of hydrogen-bond acceptors (Lipinski definition) is 4. The molecule has 5 nitrogen and oxygen atoms in total. The molecule has 0 radical (unpaired) electrons. The van der Waals surface area contributed by atoms with Gasteiger partial charge in [-0.2, -0.15) is 0 Å². The summed E-state index contributed by atoms with van der Waals surface area (Å²) >= 11 is 0. The van der Waals surface area contributed by atoms with Crippen molar-refractivity contribution in [2.75, 3.05) is 9.80 Å². The van der Waals surface area contributed by atoms with Crippen LogP contribution >= 0.6 is 0 Å². The lowest BCUT2D eigenvalue weighted by atomic mass is 10.0. The Labute approximate surface area is 311 Å². The first-order valence-corrected chi connectivity index (χ1v) is 18.2. The highest BCUT2D eigenvalue weighted by Crippen LogP contribution is 2.50. The van der Waals surface area contributed by atoms with Gasteiger partial charge < -0.3 is 23.2 Å². The second-order valence-corrected chi connectivity index (χ2v) is 13.8. The Bertz CT molecular complexity index is 3190. The van der Waals surface area contributed by atoms with Gasteiger partial charge in [-0.3, -0.25) is 0 Å². The first-order chi connectivity index (χ1) is 26.7. The third-order valence-corrected chi connectivity index (χ3v) is 10.7. The lowest BCUT2D eigenvalue weighted by Crippen LogP contribution is -2.14. The second-order valence-electron chi connectivity index (χ2n) is 13.8. The number of rotatable bonds is 6. The molecule has 3 aromatic heterocycles. The Hall–Kier alpha value is -7.24. The molecule has 0 bridgehead atoms. The summed E-state index contributed by atoms with van der Waals surface area (Å²) in [5.41, 5.74) is 12.0. The van der Waals surface area contributed by atoms with E-state index in [1.165, 1.54) is 16.3 Å². The van der Waals surface area contributed by atoms with E-state index in [9.17, 15) is 0 Å². The van der Waals surface area contributed by atoms with Crippen molar-refractivity contribution < 1.29 is 8.83 Å². The SMILES string of the molecule is Cn1c2ccccc2c2c(N(c3ccccc3)c3cccc4oc5ccccc5c34)cc(N(c3ccccc3)c3cccc4oc5ccccc5c34)cc21. The molecule has 256 valence electrons. The number of fused-ring (bicyclic) bond motifs is 9. The van der Waals surface area contributed by atoms with Crippen molar-refractivity contribution in [2.45, 2.75) is 0 Å². The van der Waals surface area contributed by atoms with Crippen LogP contribution in [0.15, 0.2) is 191 Å². The number of aryl methyl sites for hydroxylation is 1. The van der Waals surface area contributed by atoms with Gasteiger partial charge in [0, 0.05) is 45.5 Å². The van der Waals surface area contributed by atoms with Gasteiger partial charge in [-0.25, -0.2) is 0 Å². The van der Waals surface area contributed by atoms with Crippen LogP contribution < -0.4 is 9.80 Å². The van der Waals surface area contributed by atoms with E-state index < -0.39 is 0 Å². The molecule has 54 heavy (non-hydrogen) atoms. The highest BCUT2D eigenvalue weighted by atomic mass is 16.3. The second kappa shape index (κ2) is 11.9. The normalized spacial score (nSPS) is 11.8. The van der Waals surface area contributed by atoms with Crippen molar-refractivity contribution in [3.63, 3.8) is 0 Å². The van der Waals surface area contributed by atoms with Gasteiger partial charge >= 0.3 is 0 Å². The molecule has 0 aliphatic rings. The first-order valence-electron chi connectivity index (χ1n) is 18.2. The maximum absolute atomic E-state index is 6.47. The molecule has 0 unspecified atom stereocenters. The molecule has 0 spiro atoms. The van der Waals surface area contributed by atoms with Gasteiger partial charge in [0.2, 0.25) is 0 Å². The summed E-state index contributed by atoms with van der Waals surface area (Å²) in [6, 6.07) is 64.1. The maximum Gasteiger partial charge on any atom is 0.137 e. The Balaban J connectivity index is 1.29. The minimum Gasteiger partial charge on any atom is -0.456 e. The average molecular weight is 696 g/mol. The van der Waals surface area contributed by atoms with Gasteiger partial charge in [-0.05, 0) is 78.9 Å². The van der Waals surface area contributed by atoms with Gasteiger partial charge in [-0.15, -0.1) is 0 Å². The Morgan fingerprint density at radius 1 is 0.352 bits per heavy atom. The van der Waals surface area contributed by atoms with Crippen LogP contribution in [0, 0.1) is 0 Å². The monoisotopic (exact) mass is 695 g/mol. The Morgan fingerprint density at radius 3 is 1.44 bits per heavy atom. The zero-order valence-corrected chi connectivity index (χ0v) is 29.5. The maximum atomic E-state index is 6.47. The fourth-order valence-electron chi connectivity index (χ4n) is 8.42. The minimum atomic E-state index is 0.851. The Morgan fingerprint density at radius 2 is 0.833 bits per heavy atom. The van der Waals surface area contributed by atoms with Crippen molar-refractivity contribution in [1.82, 2.24) is 4.57 Å². The molecule has 8 aromatic carbocycles. The first kappa shape index (κ1) is 30.4. The zero-order chi connectivity index (χ0) is 35.8. The number of aromatic nitrogens is 1. The lowest BCUT2D eigenvalue weighted by molar-refractivity contribution is 0.668. The molecule has 0 fully saturated rings. The molecule has 11 rings (SSSR count). The zero-order valence-electron chi connectivity index (χ0n) is 29.5. The largest absolute Gasteiger partial charge is 0.456 e. The summed E-state index contributed by atoms with van der Waals surface area (Å²) in [6.45, 7) is 0. The van der Waals surface area contributed by atoms with Crippen LogP contribution in [-0.2, 0) is 7.05 Å². The fraction of sp³-hybridized carbons (Fsp3) is 0.0204. The molecule has 0 amide bonds. The number of anilines is 6. The predicted molar refractivity (Wildman–Crippen MR) is 224 cm³/mol. The van der Waals surface area contributed by atoms with Crippen molar-refractivity contribution in [3.05, 3.63) is 182 Å². The standard InChI is InChI=1S/C49H33N3O2/c1-50-38-23-11-8-20-35(38)47-41(50)30-34(51(32-16-4-2-5-17-32)39-24-14-28-45-48(39)36-21-9-12-26-43(36)53-45)31-42(47)52(33-18-6-3-7-19-33)40-25-15-29-46-49(40)37-22-10-13-27-44(37)54-46/h2-31H,1H3. The van der Waals surface area contributed by atoms with E-state index in [4.69, 9.17) is 8.83 Å². The van der Waals surface area contributed by atoms with Gasteiger partial charge in [0.15, 0.2) is 0 Å². The van der Waals surface area contributed by atoms with Crippen LogP contribution in [0.25, 0.3) is 65.7 Å². The van der Waals surface area contributed by atoms with E-state index in [1.807, 2.05) is 24.3 Å². The average Bonchev–Trinajstić information content (AvgIpc) is 3.89. The number of nitrogens with zero attached hydrogens (tertiary/aromatic N) is 3. The van der Waals surface area contributed by atoms with Crippen LogP contribution in [-0.4, -0.2) is 4.57 Å². The molecule has 0 N–H and O–H groups in total. The molecule has 0 saturated carbocycles. The van der Waals surface area contributed by atoms with Gasteiger partial charge in [-0.1, -0.05) is 103 Å². The summed E-state index contributed by atoms with van der Waals surface area (Å²) in [5.74, 6) is 0. The minimum absolute atomic E-state index is 0.851. The highest BCUT2D eigenvalue weighted by molar-refractivity contribution is 6.20. The smallest absolute Gasteiger partial charge is 0.137 e. The van der Waals surface area contributed by atoms with Crippen molar-refractivity contribution in [1.29, 1.82) is 0 Å². The third-order valence-electron chi connectivity index (χ3n) is 10.7. The molecule has 0 aliphatic carbocycles. The molecular formula is C49H33N3O2. The molecule has 0 atom stereocenters. The topological polar surface area (TPSA) is 37.7 Å². The number of hydrogen-bond donors (Lipinski definition) is 0. The van der Waals surface area contributed by atoms with Crippen LogP contribution in [0.4, 0.5) is 34.1 Å². The van der Waals surface area contributed by atoms with Gasteiger partial charge in [0.05, 0.1) is 39.0 Å². The molecule has 5 heteroatoms. The number of furan rings is 2. The summed E-state index contributed by atoms with van der Waals surface area (Å²) in [7, 11) is 2.17. The van der Waals surface area contributed by atoms with E-state index in [1.54, 1.807) is 0 Å². The van der Waals surface area contributed by atoms with Crippen LogP contribution in [0.5, 0.6) is 0 Å². The van der Waals surface area contributed by atoms with Crippen molar-refractivity contribution in [3.8, 4) is 0 Å². The van der Waals surface area contributed by atoms with Crippen LogP contribution in [0.1, 0.15) is 0 Å². The highest BCUT2D eigenvalue weighted by Gasteiger charge is 2.27. The van der Waals surface area contributed by atoms with E-state index in [0.29, 0.717) is 0 Å². The Kier molecular flexibility index (Phi) is 6.70. The third kappa shape index (κ3) is 4.52. The molecule has 11 aromatic rings. The fourth-order valence-corrected chi connectivity index (χ4v) is 8.42. The quantitative estimate of drug-likeness (QED) is 0.174. The van der Waals surface area contributed by atoms with Crippen LogP contribution in [0.2, 0.25) is 0 Å². The number of benzene rings is 8. The van der Waals surface area contributed by atoms with Crippen molar-refractivity contribution >= 4 is 99.8 Å². The van der Waals surface area contributed by atoms with E-state index in [0.717, 1.165) is 83.5 Å². The predicted octanol–water partition coefficient (Wildman–Crippen LogP) is 14.1. The van der Waals surface area contributed by atoms with E-state index in [-0.39, 0.29) is 0 Å². The molecular weight excluding hydrogens is 663 g/mol. The van der Waals surface area contributed by atoms with E-state index in [2.05, 4.69) is 179 Å². The summed E-state index contributed by atoms with van der Waals surface area (Å²) in [4.78, 5) is 4.79. The van der Waals surface area contributed by atoms with Crippen molar-refractivity contribution in [2.24, 2.45) is 7.05 Å². The lowest BCUT2D eigenvalue weighted by Gasteiger charge is -2.31. The number of para-hydroxylation sites is 5. The van der Waals surface area contributed by atoms with Gasteiger partial charge in [0.1, 0.15) is 22.3 Å². The summed E-state index contributed by atoms with van der Waals surface area (Å²) in [5, 5.41) is 6.68. The van der Waals surface area contributed by atoms with E-state index >= 15 is 0 Å². The van der Waals surface area contributed by atoms with Gasteiger partial charge in [0.25, 0.3) is 0 Å². The summed E-state index contributed by atoms with van der Waals surface area (Å²) in [6.07, 6.45) is 0. The summed E-state index contributed by atoms with van der Waals surface area (Å²) < 4.78 is 15.2. The molecule has 3 heterocycles.